The van der Waals surface area contributed by atoms with Crippen molar-refractivity contribution in [2.75, 3.05) is 6.54 Å². The Bertz CT molecular complexity index is 577. The number of rotatable bonds is 7. The summed E-state index contributed by atoms with van der Waals surface area (Å²) in [5, 5.41) is 10.5. The molecule has 0 aliphatic carbocycles. The number of carbonyl (C=O) groups is 1. The summed E-state index contributed by atoms with van der Waals surface area (Å²) in [6.45, 7) is 12.9. The molecule has 1 rings (SSSR count). The van der Waals surface area contributed by atoms with E-state index < -0.39 is 0 Å². The molecule has 0 fully saturated rings. The largest absolute Gasteiger partial charge is 0.286 e. The Morgan fingerprint density at radius 1 is 1.31 bits per heavy atom. The molecule has 0 aliphatic heterocycles. The summed E-state index contributed by atoms with van der Waals surface area (Å²) in [5.41, 5.74) is 1.15. The van der Waals surface area contributed by atoms with Gasteiger partial charge in [-0.3, -0.25) is 10.0 Å². The number of benzene rings is 1. The smallest absolute Gasteiger partial charge is 0.233 e. The second-order valence-electron chi connectivity index (χ2n) is 6.91. The van der Waals surface area contributed by atoms with Crippen molar-refractivity contribution in [3.63, 3.8) is 0 Å². The zero-order chi connectivity index (χ0) is 20.2. The molecular weight excluding hydrogens is 366 g/mol. The van der Waals surface area contributed by atoms with E-state index >= 15 is 0 Å². The molecule has 1 unspecified atom stereocenters. The number of hydrogen-bond acceptors (Lipinski definition) is 3. The first-order valence-electron chi connectivity index (χ1n) is 8.81. The van der Waals surface area contributed by atoms with Gasteiger partial charge in [-0.15, -0.1) is 11.8 Å². The summed E-state index contributed by atoms with van der Waals surface area (Å²) < 4.78 is 0.272. The van der Waals surface area contributed by atoms with Crippen molar-refractivity contribution in [3.8, 4) is 0 Å². The van der Waals surface area contributed by atoms with Crippen LogP contribution in [0.5, 0.6) is 0 Å². The van der Waals surface area contributed by atoms with E-state index in [1.165, 1.54) is 4.90 Å². The van der Waals surface area contributed by atoms with E-state index in [0.717, 1.165) is 17.0 Å². The third kappa shape index (κ3) is 12.2. The summed E-state index contributed by atoms with van der Waals surface area (Å²) in [5.74, 6) is 0.154. The molecule has 1 atom stereocenters. The second kappa shape index (κ2) is 13.0. The first-order chi connectivity index (χ1) is 12.1. The molecule has 1 amide bonds. The molecule has 1 N–H and O–H groups in total. The van der Waals surface area contributed by atoms with Crippen LogP contribution >= 0.6 is 23.4 Å². The van der Waals surface area contributed by atoms with Crippen molar-refractivity contribution in [3.05, 3.63) is 53.1 Å². The average Bonchev–Trinajstić information content (AvgIpc) is 2.56. The fourth-order valence-corrected chi connectivity index (χ4v) is 3.25. The van der Waals surface area contributed by atoms with Crippen LogP contribution in [-0.4, -0.2) is 28.0 Å². The summed E-state index contributed by atoms with van der Waals surface area (Å²) in [4.78, 5) is 11.5. The molecule has 0 aliphatic rings. The van der Waals surface area contributed by atoms with E-state index in [1.54, 1.807) is 0 Å². The van der Waals surface area contributed by atoms with Gasteiger partial charge < -0.3 is 0 Å². The van der Waals surface area contributed by atoms with Crippen LogP contribution in [0.3, 0.4) is 0 Å². The molecule has 0 radical (unpaired) electrons. The average molecular weight is 398 g/mol. The number of amides is 1. The van der Waals surface area contributed by atoms with Crippen LogP contribution < -0.4 is 0 Å². The Kier molecular flexibility index (Phi) is 12.4. The molecule has 0 heterocycles. The zero-order valence-electron chi connectivity index (χ0n) is 16.7. The van der Waals surface area contributed by atoms with E-state index in [1.807, 2.05) is 49.9 Å². The molecule has 0 aromatic heterocycles. The maximum Gasteiger partial charge on any atom is 0.233 e. The minimum atomic E-state index is 0.154. The van der Waals surface area contributed by atoms with Crippen molar-refractivity contribution in [1.29, 1.82) is 0 Å². The van der Waals surface area contributed by atoms with Crippen LogP contribution in [0.4, 0.5) is 0 Å². The normalized spacial score (nSPS) is 13.2. The van der Waals surface area contributed by atoms with Gasteiger partial charge >= 0.3 is 0 Å². The first-order valence-corrected chi connectivity index (χ1v) is 10.0. The summed E-state index contributed by atoms with van der Waals surface area (Å²) in [6, 6.07) is 7.96. The minimum absolute atomic E-state index is 0.154. The van der Waals surface area contributed by atoms with Crippen LogP contribution in [0, 0.1) is 5.92 Å². The first kappa shape index (κ1) is 24.8. The lowest BCUT2D eigenvalue weighted by Crippen LogP contribution is -2.24. The number of allylic oxidation sites excluding steroid dienone is 3. The number of hydrogen-bond donors (Lipinski definition) is 1. The molecule has 26 heavy (non-hydrogen) atoms. The highest BCUT2D eigenvalue weighted by Crippen LogP contribution is 2.32. The molecule has 0 saturated carbocycles. The zero-order valence-corrected chi connectivity index (χ0v) is 18.3. The van der Waals surface area contributed by atoms with Gasteiger partial charge in [-0.05, 0) is 43.2 Å². The predicted molar refractivity (Wildman–Crippen MR) is 114 cm³/mol. The van der Waals surface area contributed by atoms with E-state index in [9.17, 15) is 4.79 Å². The summed E-state index contributed by atoms with van der Waals surface area (Å²) in [6.07, 6.45) is 7.45. The maximum atomic E-state index is 10.2. The second-order valence-corrected chi connectivity index (χ2v) is 9.25. The van der Waals surface area contributed by atoms with Crippen molar-refractivity contribution in [1.82, 2.24) is 5.06 Å². The Morgan fingerprint density at radius 3 is 2.31 bits per heavy atom. The quantitative estimate of drug-likeness (QED) is 0.185. The van der Waals surface area contributed by atoms with Crippen molar-refractivity contribution in [2.45, 2.75) is 57.6 Å². The molecule has 0 saturated heterocycles. The van der Waals surface area contributed by atoms with Gasteiger partial charge in [0.2, 0.25) is 6.41 Å². The predicted octanol–water partition coefficient (Wildman–Crippen LogP) is 6.61. The van der Waals surface area contributed by atoms with Gasteiger partial charge in [-0.2, -0.15) is 0 Å². The van der Waals surface area contributed by atoms with Crippen molar-refractivity contribution >= 4 is 29.8 Å². The standard InChI is InChI=1S/C11H19NO2.C10H13ClS/c1-4-6-11(7-5-2)10(3)8-12(14)9-13;1-10(2,3)12-9-6-4-8(11)5-7-9/h4,6-7,9-10,14H,5,8H2,1-3H3;4-7H,1-3H3/b6-4-,11-7+;. The van der Waals surface area contributed by atoms with Crippen LogP contribution in [0.1, 0.15) is 48.0 Å². The highest BCUT2D eigenvalue weighted by atomic mass is 35.5. The van der Waals surface area contributed by atoms with E-state index in [0.29, 0.717) is 18.0 Å². The molecule has 146 valence electrons. The lowest BCUT2D eigenvalue weighted by Gasteiger charge is -2.17. The SMILES string of the molecule is C/C=C\C(=C/CC)C(C)CN(O)C=O.CC(C)(C)Sc1ccc(Cl)cc1. The number of nitrogens with zero attached hydrogens (tertiary/aromatic N) is 1. The maximum absolute atomic E-state index is 10.2. The molecule has 0 bridgehead atoms. The van der Waals surface area contributed by atoms with Gasteiger partial charge in [0.1, 0.15) is 0 Å². The van der Waals surface area contributed by atoms with Crippen LogP contribution in [0.2, 0.25) is 5.02 Å². The third-order valence-electron chi connectivity index (χ3n) is 3.19. The van der Waals surface area contributed by atoms with Crippen molar-refractivity contribution in [2.24, 2.45) is 5.92 Å². The summed E-state index contributed by atoms with van der Waals surface area (Å²) in [7, 11) is 0. The van der Waals surface area contributed by atoms with E-state index in [4.69, 9.17) is 16.8 Å². The summed E-state index contributed by atoms with van der Waals surface area (Å²) >= 11 is 7.62. The fourth-order valence-electron chi connectivity index (χ4n) is 2.15. The Hall–Kier alpha value is -1.23. The molecule has 0 spiro atoms. The number of halogens is 1. The number of carbonyl (C=O) groups excluding carboxylic acids is 1. The van der Waals surface area contributed by atoms with Crippen LogP contribution in [0.25, 0.3) is 0 Å². The number of hydroxylamine groups is 2. The van der Waals surface area contributed by atoms with Crippen LogP contribution in [-0.2, 0) is 4.79 Å². The van der Waals surface area contributed by atoms with Gasteiger partial charge in [0, 0.05) is 20.6 Å². The van der Waals surface area contributed by atoms with Gasteiger partial charge in [0.15, 0.2) is 0 Å². The van der Waals surface area contributed by atoms with Crippen molar-refractivity contribution < 1.29 is 10.0 Å². The highest BCUT2D eigenvalue weighted by Gasteiger charge is 2.11. The number of thioether (sulfide) groups is 1. The minimum Gasteiger partial charge on any atom is -0.286 e. The highest BCUT2D eigenvalue weighted by molar-refractivity contribution is 8.00. The molecule has 3 nitrogen and oxygen atoms in total. The monoisotopic (exact) mass is 397 g/mol. The van der Waals surface area contributed by atoms with Gasteiger partial charge in [-0.1, -0.05) is 64.4 Å². The lowest BCUT2D eigenvalue weighted by atomic mass is 9.99. The van der Waals surface area contributed by atoms with Crippen LogP contribution in [0.15, 0.2) is 53.0 Å². The van der Waals surface area contributed by atoms with Gasteiger partial charge in [-0.25, -0.2) is 5.06 Å². The molecular formula is C21H32ClNO2S. The van der Waals surface area contributed by atoms with E-state index in [2.05, 4.69) is 45.9 Å². The molecule has 1 aromatic rings. The lowest BCUT2D eigenvalue weighted by molar-refractivity contribution is -0.151. The Labute approximate surface area is 168 Å². The third-order valence-corrected chi connectivity index (χ3v) is 4.56. The topological polar surface area (TPSA) is 40.5 Å². The Morgan fingerprint density at radius 2 is 1.88 bits per heavy atom. The molecule has 1 aromatic carbocycles. The molecule has 5 heteroatoms. The fraction of sp³-hybridized carbons (Fsp3) is 0.476. The Balaban J connectivity index is 0.000000485. The van der Waals surface area contributed by atoms with Gasteiger partial charge in [0.25, 0.3) is 0 Å². The van der Waals surface area contributed by atoms with E-state index in [-0.39, 0.29) is 10.7 Å². The van der Waals surface area contributed by atoms with Gasteiger partial charge in [0.05, 0.1) is 6.54 Å².